The first kappa shape index (κ1) is 15.9. The van der Waals surface area contributed by atoms with Crippen LogP contribution >= 0.6 is 0 Å². The Balaban J connectivity index is 1.58. The molecule has 7 nitrogen and oxygen atoms in total. The van der Waals surface area contributed by atoms with Crippen molar-refractivity contribution in [3.05, 3.63) is 65.7 Å². The summed E-state index contributed by atoms with van der Waals surface area (Å²) in [6.45, 7) is 3.82. The lowest BCUT2D eigenvalue weighted by molar-refractivity contribution is 0.0672. The van der Waals surface area contributed by atoms with E-state index in [-0.39, 0.29) is 35.9 Å². The minimum atomic E-state index is -0.428. The lowest BCUT2D eigenvalue weighted by Crippen LogP contribution is -2.29. The molecule has 2 aromatic rings. The Morgan fingerprint density at radius 3 is 2.65 bits per heavy atom. The summed E-state index contributed by atoms with van der Waals surface area (Å²) in [6.07, 6.45) is 1.48. The van der Waals surface area contributed by atoms with Crippen molar-refractivity contribution in [1.29, 1.82) is 0 Å². The highest BCUT2D eigenvalue weighted by atomic mass is 16.7. The summed E-state index contributed by atoms with van der Waals surface area (Å²) in [6, 6.07) is 9.50. The predicted octanol–water partition coefficient (Wildman–Crippen LogP) is 2.45. The molecule has 4 rings (SSSR count). The Bertz CT molecular complexity index is 966. The SMILES string of the molecule is C=CCN1C(=O)c2ccc(C(=O)Nc3ccc4c(c3)OCO4)cc2C1=O. The molecule has 0 saturated heterocycles. The van der Waals surface area contributed by atoms with Crippen molar-refractivity contribution in [3.63, 3.8) is 0 Å². The number of benzene rings is 2. The number of ether oxygens (including phenoxy) is 2. The van der Waals surface area contributed by atoms with E-state index in [9.17, 15) is 14.4 Å². The number of hydrogen-bond acceptors (Lipinski definition) is 5. The smallest absolute Gasteiger partial charge is 0.261 e. The number of carbonyl (C=O) groups excluding carboxylic acids is 3. The van der Waals surface area contributed by atoms with Gasteiger partial charge in [0.25, 0.3) is 17.7 Å². The van der Waals surface area contributed by atoms with E-state index < -0.39 is 11.8 Å². The van der Waals surface area contributed by atoms with Gasteiger partial charge in [0.05, 0.1) is 11.1 Å². The Hall–Kier alpha value is -3.61. The largest absolute Gasteiger partial charge is 0.454 e. The second-order valence-corrected chi connectivity index (χ2v) is 5.79. The predicted molar refractivity (Wildman–Crippen MR) is 92.5 cm³/mol. The van der Waals surface area contributed by atoms with Crippen LogP contribution in [-0.2, 0) is 0 Å². The third kappa shape index (κ3) is 2.50. The lowest BCUT2D eigenvalue weighted by atomic mass is 10.1. The Kier molecular flexibility index (Phi) is 3.69. The molecule has 26 heavy (non-hydrogen) atoms. The van der Waals surface area contributed by atoms with Gasteiger partial charge < -0.3 is 14.8 Å². The maximum Gasteiger partial charge on any atom is 0.261 e. The second-order valence-electron chi connectivity index (χ2n) is 5.79. The summed E-state index contributed by atoms with van der Waals surface area (Å²) in [5.41, 5.74) is 1.32. The topological polar surface area (TPSA) is 84.9 Å². The normalized spacial score (nSPS) is 14.4. The van der Waals surface area contributed by atoms with Gasteiger partial charge in [-0.3, -0.25) is 19.3 Å². The van der Waals surface area contributed by atoms with E-state index in [1.54, 1.807) is 18.2 Å². The van der Waals surface area contributed by atoms with E-state index >= 15 is 0 Å². The molecular weight excluding hydrogens is 336 g/mol. The van der Waals surface area contributed by atoms with Crippen molar-refractivity contribution in [1.82, 2.24) is 4.90 Å². The fourth-order valence-electron chi connectivity index (χ4n) is 2.90. The molecule has 0 radical (unpaired) electrons. The zero-order valence-electron chi connectivity index (χ0n) is 13.7. The average molecular weight is 350 g/mol. The third-order valence-corrected chi connectivity index (χ3v) is 4.17. The van der Waals surface area contributed by atoms with Crippen LogP contribution in [0.25, 0.3) is 0 Å². The van der Waals surface area contributed by atoms with Crippen LogP contribution in [0.1, 0.15) is 31.1 Å². The number of anilines is 1. The molecule has 7 heteroatoms. The molecule has 3 amide bonds. The van der Waals surface area contributed by atoms with Crippen molar-refractivity contribution in [3.8, 4) is 11.5 Å². The molecule has 0 aliphatic carbocycles. The van der Waals surface area contributed by atoms with Crippen LogP contribution in [-0.4, -0.2) is 36.0 Å². The average Bonchev–Trinajstić information content (AvgIpc) is 3.20. The van der Waals surface area contributed by atoms with Crippen molar-refractivity contribution in [2.45, 2.75) is 0 Å². The van der Waals surface area contributed by atoms with E-state index in [1.165, 1.54) is 24.3 Å². The molecule has 2 aliphatic rings. The Labute approximate surface area is 148 Å². The Morgan fingerprint density at radius 2 is 1.85 bits per heavy atom. The molecule has 0 aromatic heterocycles. The highest BCUT2D eigenvalue weighted by Crippen LogP contribution is 2.34. The monoisotopic (exact) mass is 350 g/mol. The van der Waals surface area contributed by atoms with Gasteiger partial charge in [-0.05, 0) is 30.3 Å². The zero-order valence-corrected chi connectivity index (χ0v) is 13.7. The first-order chi connectivity index (χ1) is 12.6. The van der Waals surface area contributed by atoms with Crippen LogP contribution in [0.2, 0.25) is 0 Å². The molecule has 0 spiro atoms. The van der Waals surface area contributed by atoms with Gasteiger partial charge in [-0.25, -0.2) is 0 Å². The maximum atomic E-state index is 12.5. The molecule has 0 unspecified atom stereocenters. The number of nitrogens with zero attached hydrogens (tertiary/aromatic N) is 1. The zero-order chi connectivity index (χ0) is 18.3. The molecule has 0 atom stereocenters. The number of hydrogen-bond donors (Lipinski definition) is 1. The summed E-state index contributed by atoms with van der Waals surface area (Å²) in [7, 11) is 0. The highest BCUT2D eigenvalue weighted by Gasteiger charge is 2.35. The van der Waals surface area contributed by atoms with Gasteiger partial charge >= 0.3 is 0 Å². The van der Waals surface area contributed by atoms with Crippen molar-refractivity contribution in [2.24, 2.45) is 0 Å². The Morgan fingerprint density at radius 1 is 1.08 bits per heavy atom. The fourth-order valence-corrected chi connectivity index (χ4v) is 2.90. The van der Waals surface area contributed by atoms with Crippen molar-refractivity contribution < 1.29 is 23.9 Å². The van der Waals surface area contributed by atoms with Crippen molar-refractivity contribution >= 4 is 23.4 Å². The van der Waals surface area contributed by atoms with Gasteiger partial charge in [0.2, 0.25) is 6.79 Å². The van der Waals surface area contributed by atoms with Crippen LogP contribution < -0.4 is 14.8 Å². The number of fused-ring (bicyclic) bond motifs is 2. The van der Waals surface area contributed by atoms with Gasteiger partial charge in [0.15, 0.2) is 11.5 Å². The summed E-state index contributed by atoms with van der Waals surface area (Å²) in [5, 5.41) is 2.74. The van der Waals surface area contributed by atoms with Gasteiger partial charge in [-0.2, -0.15) is 0 Å². The second kappa shape index (κ2) is 6.03. The quantitative estimate of drug-likeness (QED) is 0.676. The van der Waals surface area contributed by atoms with Crippen LogP contribution in [0.4, 0.5) is 5.69 Å². The van der Waals surface area contributed by atoms with Crippen LogP contribution in [0.5, 0.6) is 11.5 Å². The summed E-state index contributed by atoms with van der Waals surface area (Å²) in [4.78, 5) is 38.2. The number of nitrogens with one attached hydrogen (secondary N) is 1. The fraction of sp³-hybridized carbons (Fsp3) is 0.105. The standard InChI is InChI=1S/C19H14N2O5/c1-2-7-21-18(23)13-5-3-11(8-14(13)19(21)24)17(22)20-12-4-6-15-16(9-12)26-10-25-15/h2-6,8-9H,1,7,10H2,(H,20,22). The number of rotatable bonds is 4. The van der Waals surface area contributed by atoms with E-state index in [2.05, 4.69) is 11.9 Å². The maximum absolute atomic E-state index is 12.5. The number of carbonyl (C=O) groups is 3. The number of imide groups is 1. The number of amides is 3. The van der Waals surface area contributed by atoms with Crippen LogP contribution in [0.15, 0.2) is 49.1 Å². The summed E-state index contributed by atoms with van der Waals surface area (Å²) in [5.74, 6) is -0.0334. The minimum absolute atomic E-state index is 0.130. The van der Waals surface area contributed by atoms with Gasteiger partial charge in [0, 0.05) is 23.9 Å². The summed E-state index contributed by atoms with van der Waals surface area (Å²) < 4.78 is 10.5. The van der Waals surface area contributed by atoms with Crippen LogP contribution in [0.3, 0.4) is 0 Å². The minimum Gasteiger partial charge on any atom is -0.454 e. The molecule has 1 N–H and O–H groups in total. The molecule has 2 aromatic carbocycles. The van der Waals surface area contributed by atoms with Gasteiger partial charge in [-0.15, -0.1) is 6.58 Å². The molecule has 2 aliphatic heterocycles. The molecular formula is C19H14N2O5. The molecule has 0 saturated carbocycles. The van der Waals surface area contributed by atoms with Crippen LogP contribution in [0, 0.1) is 0 Å². The van der Waals surface area contributed by atoms with E-state index in [4.69, 9.17) is 9.47 Å². The first-order valence-electron chi connectivity index (χ1n) is 7.90. The summed E-state index contributed by atoms with van der Waals surface area (Å²) >= 11 is 0. The molecule has 2 heterocycles. The first-order valence-corrected chi connectivity index (χ1v) is 7.90. The molecule has 130 valence electrons. The van der Waals surface area contributed by atoms with E-state index in [1.807, 2.05) is 0 Å². The molecule has 0 fully saturated rings. The van der Waals surface area contributed by atoms with E-state index in [0.29, 0.717) is 17.2 Å². The lowest BCUT2D eigenvalue weighted by Gasteiger charge is -2.09. The van der Waals surface area contributed by atoms with Crippen molar-refractivity contribution in [2.75, 3.05) is 18.7 Å². The van der Waals surface area contributed by atoms with Gasteiger partial charge in [0.1, 0.15) is 0 Å². The third-order valence-electron chi connectivity index (χ3n) is 4.17. The highest BCUT2D eigenvalue weighted by molar-refractivity contribution is 6.22. The molecule has 0 bridgehead atoms. The van der Waals surface area contributed by atoms with E-state index in [0.717, 1.165) is 4.90 Å². The van der Waals surface area contributed by atoms with Gasteiger partial charge in [-0.1, -0.05) is 6.08 Å².